The molecular weight excluding hydrogens is 472 g/mol. The molecule has 0 unspecified atom stereocenters. The van der Waals surface area contributed by atoms with Crippen LogP contribution in [0.3, 0.4) is 0 Å². The fourth-order valence-electron chi connectivity index (χ4n) is 5.46. The number of hydrogen-bond acceptors (Lipinski definition) is 6. The molecule has 2 fully saturated rings. The Bertz CT molecular complexity index is 1360. The van der Waals surface area contributed by atoms with Crippen molar-refractivity contribution in [3.63, 3.8) is 0 Å². The van der Waals surface area contributed by atoms with E-state index in [-0.39, 0.29) is 5.91 Å². The zero-order chi connectivity index (χ0) is 25.7. The van der Waals surface area contributed by atoms with E-state index in [1.165, 1.54) is 5.56 Å². The van der Waals surface area contributed by atoms with Gasteiger partial charge >= 0.3 is 0 Å². The first-order valence-corrected chi connectivity index (χ1v) is 13.6. The summed E-state index contributed by atoms with van der Waals surface area (Å²) < 4.78 is 0. The van der Waals surface area contributed by atoms with Crippen LogP contribution in [0.25, 0.3) is 10.9 Å². The minimum absolute atomic E-state index is 0.0886. The molecule has 2 aliphatic rings. The van der Waals surface area contributed by atoms with Gasteiger partial charge in [0.05, 0.1) is 5.52 Å². The van der Waals surface area contributed by atoms with Crippen LogP contribution in [-0.4, -0.2) is 71.0 Å². The van der Waals surface area contributed by atoms with Crippen molar-refractivity contribution in [2.75, 3.05) is 49.5 Å². The van der Waals surface area contributed by atoms with E-state index in [1.807, 2.05) is 47.4 Å². The minimum atomic E-state index is 0.0886. The molecular formula is C31H34N6O. The summed E-state index contributed by atoms with van der Waals surface area (Å²) in [5, 5.41) is 4.82. The van der Waals surface area contributed by atoms with Gasteiger partial charge in [-0.1, -0.05) is 60.7 Å². The number of carbonyl (C=O) groups excluding carboxylic acids is 1. The molecule has 1 amide bonds. The van der Waals surface area contributed by atoms with Crippen LogP contribution < -0.4 is 10.2 Å². The molecule has 7 heteroatoms. The number of anilines is 2. The van der Waals surface area contributed by atoms with Crippen molar-refractivity contribution in [2.24, 2.45) is 0 Å². The van der Waals surface area contributed by atoms with Gasteiger partial charge < -0.3 is 15.1 Å². The van der Waals surface area contributed by atoms with Gasteiger partial charge in [0.2, 0.25) is 5.95 Å². The third-order valence-electron chi connectivity index (χ3n) is 7.64. The SMILES string of the molecule is O=C(c1ccccc1)N1CCN(c2nc(NC3CCN(Cc4ccccc4)CC3)c3ccccc3n2)CC1. The predicted octanol–water partition coefficient (Wildman–Crippen LogP) is 4.67. The van der Waals surface area contributed by atoms with Crippen LogP contribution in [-0.2, 0) is 6.54 Å². The highest BCUT2D eigenvalue weighted by molar-refractivity contribution is 5.94. The van der Waals surface area contributed by atoms with Crippen LogP contribution in [0.5, 0.6) is 0 Å². The number of fused-ring (bicyclic) bond motifs is 1. The summed E-state index contributed by atoms with van der Waals surface area (Å²) in [6, 6.07) is 28.8. The van der Waals surface area contributed by atoms with Crippen LogP contribution in [0.15, 0.2) is 84.9 Å². The molecule has 194 valence electrons. The fourth-order valence-corrected chi connectivity index (χ4v) is 5.46. The van der Waals surface area contributed by atoms with E-state index >= 15 is 0 Å². The van der Waals surface area contributed by atoms with Gasteiger partial charge in [0.15, 0.2) is 0 Å². The second-order valence-electron chi connectivity index (χ2n) is 10.2. The van der Waals surface area contributed by atoms with Gasteiger partial charge in [0.1, 0.15) is 5.82 Å². The first-order chi connectivity index (χ1) is 18.7. The fraction of sp³-hybridized carbons (Fsp3) is 0.323. The van der Waals surface area contributed by atoms with Crippen LogP contribution in [0, 0.1) is 0 Å². The summed E-state index contributed by atoms with van der Waals surface area (Å²) >= 11 is 0. The lowest BCUT2D eigenvalue weighted by Gasteiger charge is -2.35. The molecule has 3 aromatic carbocycles. The summed E-state index contributed by atoms with van der Waals surface area (Å²) in [4.78, 5) is 29.5. The predicted molar refractivity (Wildman–Crippen MR) is 152 cm³/mol. The molecule has 3 heterocycles. The molecule has 0 aliphatic carbocycles. The molecule has 2 aliphatic heterocycles. The summed E-state index contributed by atoms with van der Waals surface area (Å²) in [5.74, 6) is 1.74. The van der Waals surface area contributed by atoms with Crippen LogP contribution in [0.2, 0.25) is 0 Å². The largest absolute Gasteiger partial charge is 0.367 e. The van der Waals surface area contributed by atoms with Crippen molar-refractivity contribution in [1.29, 1.82) is 0 Å². The lowest BCUT2D eigenvalue weighted by molar-refractivity contribution is 0.0746. The summed E-state index contributed by atoms with van der Waals surface area (Å²) in [7, 11) is 0. The lowest BCUT2D eigenvalue weighted by atomic mass is 10.0. The average Bonchev–Trinajstić information content (AvgIpc) is 2.99. The molecule has 0 radical (unpaired) electrons. The number of piperidine rings is 1. The Morgan fingerprint density at radius 3 is 2.16 bits per heavy atom. The highest BCUT2D eigenvalue weighted by atomic mass is 16.2. The summed E-state index contributed by atoms with van der Waals surface area (Å²) in [5.41, 5.74) is 3.06. The normalized spacial score (nSPS) is 17.1. The number of benzene rings is 3. The van der Waals surface area contributed by atoms with Gasteiger partial charge in [0.25, 0.3) is 5.91 Å². The maximum atomic E-state index is 12.9. The Kier molecular flexibility index (Phi) is 7.18. The molecule has 4 aromatic rings. The summed E-state index contributed by atoms with van der Waals surface area (Å²) in [6.07, 6.45) is 2.17. The van der Waals surface area contributed by atoms with Crippen LogP contribution in [0.1, 0.15) is 28.8 Å². The van der Waals surface area contributed by atoms with Gasteiger partial charge in [-0.25, -0.2) is 4.98 Å². The smallest absolute Gasteiger partial charge is 0.253 e. The van der Waals surface area contributed by atoms with E-state index in [0.717, 1.165) is 60.7 Å². The van der Waals surface area contributed by atoms with Crippen LogP contribution >= 0.6 is 0 Å². The number of piperazine rings is 1. The minimum Gasteiger partial charge on any atom is -0.367 e. The number of amides is 1. The van der Waals surface area contributed by atoms with Gasteiger partial charge in [-0.05, 0) is 42.7 Å². The van der Waals surface area contributed by atoms with Gasteiger partial charge in [-0.15, -0.1) is 0 Å². The molecule has 7 nitrogen and oxygen atoms in total. The Morgan fingerprint density at radius 2 is 1.42 bits per heavy atom. The number of aromatic nitrogens is 2. The maximum Gasteiger partial charge on any atom is 0.253 e. The molecule has 2 saturated heterocycles. The van der Waals surface area contributed by atoms with Crippen molar-refractivity contribution in [3.8, 4) is 0 Å². The van der Waals surface area contributed by atoms with Crippen molar-refractivity contribution < 1.29 is 4.79 Å². The molecule has 0 saturated carbocycles. The van der Waals surface area contributed by atoms with Gasteiger partial charge in [-0.2, -0.15) is 4.98 Å². The van der Waals surface area contributed by atoms with Crippen molar-refractivity contribution in [3.05, 3.63) is 96.1 Å². The summed E-state index contributed by atoms with van der Waals surface area (Å²) in [6.45, 7) is 5.90. The van der Waals surface area contributed by atoms with Crippen molar-refractivity contribution in [2.45, 2.75) is 25.4 Å². The molecule has 6 rings (SSSR count). The molecule has 0 atom stereocenters. The highest BCUT2D eigenvalue weighted by Gasteiger charge is 2.25. The molecule has 0 bridgehead atoms. The third kappa shape index (κ3) is 5.48. The monoisotopic (exact) mass is 506 g/mol. The molecule has 1 N–H and O–H groups in total. The second kappa shape index (κ2) is 11.2. The number of nitrogens with one attached hydrogen (secondary N) is 1. The third-order valence-corrected chi connectivity index (χ3v) is 7.64. The number of para-hydroxylation sites is 1. The standard InChI is InChI=1S/C31H34N6O/c38-30(25-11-5-2-6-12-25)36-19-21-37(22-20-36)31-33-28-14-8-7-13-27(28)29(34-31)32-26-15-17-35(18-16-26)23-24-9-3-1-4-10-24/h1-14,26H,15-23H2,(H,32,33,34). The van der Waals surface area contributed by atoms with Crippen molar-refractivity contribution in [1.82, 2.24) is 19.8 Å². The topological polar surface area (TPSA) is 64.6 Å². The number of carbonyl (C=O) groups is 1. The van der Waals surface area contributed by atoms with E-state index in [2.05, 4.69) is 57.6 Å². The van der Waals surface area contributed by atoms with Crippen LogP contribution in [0.4, 0.5) is 11.8 Å². The maximum absolute atomic E-state index is 12.9. The first-order valence-electron chi connectivity index (χ1n) is 13.6. The van der Waals surface area contributed by atoms with Gasteiger partial charge in [0, 0.05) is 62.8 Å². The van der Waals surface area contributed by atoms with E-state index in [0.29, 0.717) is 32.2 Å². The second-order valence-corrected chi connectivity index (χ2v) is 10.2. The quantitative estimate of drug-likeness (QED) is 0.410. The molecule has 38 heavy (non-hydrogen) atoms. The number of rotatable bonds is 6. The molecule has 0 spiro atoms. The van der Waals surface area contributed by atoms with E-state index in [1.54, 1.807) is 0 Å². The zero-order valence-corrected chi connectivity index (χ0v) is 21.7. The Hall–Kier alpha value is -3.97. The Morgan fingerprint density at radius 1 is 0.763 bits per heavy atom. The number of likely N-dealkylation sites (tertiary alicyclic amines) is 1. The van der Waals surface area contributed by atoms with E-state index < -0.39 is 0 Å². The number of nitrogens with zero attached hydrogens (tertiary/aromatic N) is 5. The lowest BCUT2D eigenvalue weighted by Crippen LogP contribution is -2.49. The van der Waals surface area contributed by atoms with Gasteiger partial charge in [-0.3, -0.25) is 9.69 Å². The molecule has 1 aromatic heterocycles. The average molecular weight is 507 g/mol. The highest BCUT2D eigenvalue weighted by Crippen LogP contribution is 2.27. The van der Waals surface area contributed by atoms with Crippen molar-refractivity contribution >= 4 is 28.6 Å². The first kappa shape index (κ1) is 24.4. The van der Waals surface area contributed by atoms with E-state index in [4.69, 9.17) is 9.97 Å². The Balaban J connectivity index is 1.12. The Labute approximate surface area is 224 Å². The van der Waals surface area contributed by atoms with E-state index in [9.17, 15) is 4.79 Å². The number of hydrogen-bond donors (Lipinski definition) is 1. The zero-order valence-electron chi connectivity index (χ0n) is 21.7.